The number of pyridine rings is 2. The van der Waals surface area contributed by atoms with E-state index >= 15 is 0 Å². The number of nitrogens with zero attached hydrogens (tertiary/aromatic N) is 3. The van der Waals surface area contributed by atoms with Gasteiger partial charge in [-0.1, -0.05) is 66.7 Å². The number of fused-ring (bicyclic) bond motifs is 1. The number of aromatic hydroxyl groups is 2. The van der Waals surface area contributed by atoms with E-state index in [0.717, 1.165) is 50.0 Å². The summed E-state index contributed by atoms with van der Waals surface area (Å²) in [6.07, 6.45) is 5.47. The standard InChI is InChI=1S/C31H35NO8.C29H27N3O5.C14H16O5.B/c1-5-39-30(35)31(17-21-6-11-24(33)12-7-21)18-27(31)29(34)32(40-20-22-8-13-25(36-2)14-9-22)19-23-10-15-26(37-3)16-28(23)38-4;1-2-36-28(34)29(16-24(29)27(33)32-35)15-19-9-11-22(12-10-19)37-18-21-14-26(20-6-5-13-30-17-20)31-25-8-4-3-7-23(21)25;1-2-19-13(18)14(8-11(14)12(16)17)7-9-3-5-10(15)6-4-9;/h6-16,27,33H,5,17-20H2,1-4H3;3-14,17,24,35H,2,15-16,18H2,1H3,(H,32,33);3-6,11,15H,2,7-8H2,1H3,(H,16,17);/t27?,31-;24?,29-;11?,14-;/m000./s1. The summed E-state index contributed by atoms with van der Waals surface area (Å²) in [7, 11) is 4.71. The molecule has 0 bridgehead atoms. The highest BCUT2D eigenvalue weighted by atomic mass is 16.7. The maximum Gasteiger partial charge on any atom is 0.313 e. The summed E-state index contributed by atoms with van der Waals surface area (Å²) in [5.74, 6) is -2.24. The molecular formula is C74H78BN4O18. The number of esters is 3. The number of aromatic nitrogens is 2. The van der Waals surface area contributed by atoms with Crippen LogP contribution in [0, 0.1) is 34.0 Å². The van der Waals surface area contributed by atoms with Gasteiger partial charge in [0.2, 0.25) is 5.91 Å². The van der Waals surface area contributed by atoms with Gasteiger partial charge in [-0.3, -0.25) is 43.8 Å². The van der Waals surface area contributed by atoms with Gasteiger partial charge < -0.3 is 48.5 Å². The predicted octanol–water partition coefficient (Wildman–Crippen LogP) is 10.4. The molecule has 3 unspecified atom stereocenters. The summed E-state index contributed by atoms with van der Waals surface area (Å²) in [4.78, 5) is 89.9. The van der Waals surface area contributed by atoms with E-state index in [1.807, 2.05) is 97.1 Å². The Bertz CT molecular complexity index is 4010. The number of carbonyl (C=O) groups is 6. The van der Waals surface area contributed by atoms with Crippen LogP contribution in [-0.2, 0) is 86.8 Å². The SMILES string of the molecule is CCOC(=O)[C@@]1(Cc2ccc(O)cc2)CC1C(=O)N(Cc1ccc(OC)cc1OC)OCc1ccc(OC)cc1.CCOC(=O)[C@@]1(Cc2ccc(O)cc2)CC1C(=O)O.CCOC(=O)[C@@]1(Cc2ccc(OCc3cc(-c4cccnc4)nc4ccccc34)cc2)CC1C(=O)NO.[B]. The van der Waals surface area contributed by atoms with Crippen LogP contribution in [0.1, 0.15) is 73.4 Å². The van der Waals surface area contributed by atoms with E-state index in [2.05, 4.69) is 4.98 Å². The molecule has 3 radical (unpaired) electrons. The lowest BCUT2D eigenvalue weighted by Gasteiger charge is -2.25. The van der Waals surface area contributed by atoms with E-state index in [4.69, 9.17) is 53.3 Å². The second kappa shape index (κ2) is 32.8. The van der Waals surface area contributed by atoms with Gasteiger partial charge in [0.25, 0.3) is 5.91 Å². The third-order valence-electron chi connectivity index (χ3n) is 17.4. The number of hydrogen-bond acceptors (Lipinski definition) is 19. The van der Waals surface area contributed by atoms with E-state index in [1.165, 1.54) is 17.2 Å². The number of phenolic OH excluding ortho intramolecular Hbond substituents is 2. The van der Waals surface area contributed by atoms with Gasteiger partial charge >= 0.3 is 23.9 Å². The maximum atomic E-state index is 14.0. The number of para-hydroxylation sites is 1. The Balaban J connectivity index is 0.000000196. The highest BCUT2D eigenvalue weighted by Crippen LogP contribution is 2.58. The first-order valence-corrected chi connectivity index (χ1v) is 31.4. The van der Waals surface area contributed by atoms with Crippen molar-refractivity contribution in [3.63, 3.8) is 0 Å². The van der Waals surface area contributed by atoms with Gasteiger partial charge in [0, 0.05) is 48.9 Å². The van der Waals surface area contributed by atoms with Crippen LogP contribution in [0.3, 0.4) is 0 Å². The lowest BCUT2D eigenvalue weighted by molar-refractivity contribution is -0.198. The first-order valence-electron chi connectivity index (χ1n) is 31.4. The van der Waals surface area contributed by atoms with Gasteiger partial charge in [0.15, 0.2) is 0 Å². The van der Waals surface area contributed by atoms with Crippen molar-refractivity contribution in [3.05, 3.63) is 203 Å². The van der Waals surface area contributed by atoms with Crippen molar-refractivity contribution < 1.29 is 87.3 Å². The summed E-state index contributed by atoms with van der Waals surface area (Å²) in [6.45, 7) is 6.42. The van der Waals surface area contributed by atoms with Crippen molar-refractivity contribution >= 4 is 55.0 Å². The van der Waals surface area contributed by atoms with Crippen molar-refractivity contribution in [2.45, 2.75) is 79.1 Å². The molecule has 3 fully saturated rings. The lowest BCUT2D eigenvalue weighted by atomic mass is 9.93. The monoisotopic (exact) mass is 1320 g/mol. The highest BCUT2D eigenvalue weighted by Gasteiger charge is 2.67. The molecule has 2 aromatic heterocycles. The fourth-order valence-corrected chi connectivity index (χ4v) is 11.9. The number of carboxylic acids is 1. The first-order chi connectivity index (χ1) is 46.4. The Morgan fingerprint density at radius 2 is 1.06 bits per heavy atom. The van der Waals surface area contributed by atoms with E-state index in [0.29, 0.717) is 73.7 Å². The largest absolute Gasteiger partial charge is 0.508 e. The number of aliphatic carboxylic acids is 1. The smallest absolute Gasteiger partial charge is 0.313 e. The quantitative estimate of drug-likeness (QED) is 0.0105. The number of benzene rings is 6. The van der Waals surface area contributed by atoms with Gasteiger partial charge in [-0.25, -0.2) is 15.5 Å². The maximum absolute atomic E-state index is 14.0. The number of amides is 2. The fourth-order valence-electron chi connectivity index (χ4n) is 11.9. The van der Waals surface area contributed by atoms with Crippen LogP contribution in [0.2, 0.25) is 0 Å². The Morgan fingerprint density at radius 1 is 0.557 bits per heavy atom. The van der Waals surface area contributed by atoms with Gasteiger partial charge in [-0.2, -0.15) is 0 Å². The summed E-state index contributed by atoms with van der Waals surface area (Å²) in [5.41, 5.74) is 6.46. The Hall–Kier alpha value is -10.5. The minimum absolute atomic E-state index is 0. The zero-order valence-corrected chi connectivity index (χ0v) is 54.8. The predicted molar refractivity (Wildman–Crippen MR) is 356 cm³/mol. The molecule has 23 heteroatoms. The molecule has 0 spiro atoms. The van der Waals surface area contributed by atoms with Crippen molar-refractivity contribution in [2.24, 2.45) is 34.0 Å². The number of rotatable bonds is 27. The van der Waals surface area contributed by atoms with Crippen LogP contribution in [0.15, 0.2) is 170 Å². The van der Waals surface area contributed by atoms with Crippen molar-refractivity contribution in [3.8, 4) is 45.8 Å². The fraction of sp³-hybridized carbons (Fsp3) is 0.324. The molecule has 22 nitrogen and oxygen atoms in total. The number of nitrogens with one attached hydrogen (secondary N) is 1. The minimum atomic E-state index is -1.02. The van der Waals surface area contributed by atoms with Gasteiger partial charge in [-0.05, 0) is 166 Å². The molecule has 2 amide bonds. The summed E-state index contributed by atoms with van der Waals surface area (Å²) < 4.78 is 37.8. The number of phenols is 2. The van der Waals surface area contributed by atoms with Gasteiger partial charge in [-0.15, -0.1) is 0 Å². The molecule has 3 saturated carbocycles. The van der Waals surface area contributed by atoms with Crippen LogP contribution in [0.5, 0.6) is 34.5 Å². The van der Waals surface area contributed by atoms with Crippen LogP contribution in [0.25, 0.3) is 22.2 Å². The van der Waals surface area contributed by atoms with Gasteiger partial charge in [0.1, 0.15) is 47.7 Å². The summed E-state index contributed by atoms with van der Waals surface area (Å²) >= 11 is 0. The second-order valence-corrected chi connectivity index (χ2v) is 23.6. The summed E-state index contributed by atoms with van der Waals surface area (Å²) in [6, 6.07) is 47.0. The van der Waals surface area contributed by atoms with E-state index in [1.54, 1.807) is 109 Å². The second-order valence-electron chi connectivity index (χ2n) is 23.6. The molecule has 3 aliphatic rings. The topological polar surface area (TPSA) is 298 Å². The average Bonchev–Trinajstić information content (AvgIpc) is 1.60. The van der Waals surface area contributed by atoms with E-state index < -0.39 is 63.8 Å². The normalized spacial score (nSPS) is 19.1. The van der Waals surface area contributed by atoms with Crippen LogP contribution < -0.4 is 24.4 Å². The highest BCUT2D eigenvalue weighted by molar-refractivity contribution is 5.95. The van der Waals surface area contributed by atoms with Crippen LogP contribution >= 0.6 is 0 Å². The minimum Gasteiger partial charge on any atom is -0.508 e. The van der Waals surface area contributed by atoms with Crippen LogP contribution in [-0.4, -0.2) is 121 Å². The molecule has 0 aliphatic heterocycles. The average molecular weight is 1320 g/mol. The van der Waals surface area contributed by atoms with Crippen molar-refractivity contribution in [2.75, 3.05) is 41.2 Å². The molecule has 5 N–H and O–H groups in total. The molecule has 97 heavy (non-hydrogen) atoms. The zero-order chi connectivity index (χ0) is 68.6. The molecule has 3 aliphatic carbocycles. The molecule has 8 aromatic rings. The van der Waals surface area contributed by atoms with Crippen molar-refractivity contribution in [1.29, 1.82) is 0 Å². The zero-order valence-electron chi connectivity index (χ0n) is 54.8. The lowest BCUT2D eigenvalue weighted by Crippen LogP contribution is -2.36. The van der Waals surface area contributed by atoms with Crippen molar-refractivity contribution in [1.82, 2.24) is 20.5 Å². The number of carboxylic acid groups (broad SMARTS) is 1. The van der Waals surface area contributed by atoms with E-state index in [9.17, 15) is 39.0 Å². The van der Waals surface area contributed by atoms with Crippen LogP contribution in [0.4, 0.5) is 0 Å². The number of ether oxygens (including phenoxy) is 7. The molecule has 11 rings (SSSR count). The number of methoxy groups -OCH3 is 3. The Morgan fingerprint density at radius 3 is 1.58 bits per heavy atom. The molecule has 6 atom stereocenters. The molecule has 505 valence electrons. The van der Waals surface area contributed by atoms with E-state index in [-0.39, 0.29) is 58.8 Å². The molecule has 6 aromatic carbocycles. The third kappa shape index (κ3) is 17.5. The third-order valence-corrected chi connectivity index (χ3v) is 17.4. The number of carbonyl (C=O) groups excluding carboxylic acids is 5. The molecule has 0 saturated heterocycles. The number of hydrogen-bond donors (Lipinski definition) is 5. The molecular weight excluding hydrogens is 1240 g/mol. The first kappa shape index (κ1) is 72.3. The Labute approximate surface area is 563 Å². The molecule has 2 heterocycles. The summed E-state index contributed by atoms with van der Waals surface area (Å²) in [5, 5.41) is 39.3. The Kier molecular flexibility index (Phi) is 24.4. The number of hydroxylamine groups is 3. The van der Waals surface area contributed by atoms with Gasteiger partial charge in [0.05, 0.1) is 92.9 Å².